The maximum Gasteiger partial charge on any atom is 0.254 e. The number of rotatable bonds is 5. The smallest absolute Gasteiger partial charge is 0.254 e. The second-order valence-corrected chi connectivity index (χ2v) is 11.6. The van der Waals surface area contributed by atoms with Crippen molar-refractivity contribution in [3.63, 3.8) is 0 Å². The number of amides is 2. The Labute approximate surface area is 194 Å². The molecule has 5 aliphatic rings. The van der Waals surface area contributed by atoms with Crippen LogP contribution < -0.4 is 5.32 Å². The Kier molecular flexibility index (Phi) is 5.13. The average molecular weight is 449 g/mol. The van der Waals surface area contributed by atoms with Crippen LogP contribution in [-0.2, 0) is 11.3 Å². The van der Waals surface area contributed by atoms with E-state index in [1.165, 1.54) is 24.8 Å². The lowest BCUT2D eigenvalue weighted by Gasteiger charge is -2.55. The fourth-order valence-corrected chi connectivity index (χ4v) is 8.22. The summed E-state index contributed by atoms with van der Waals surface area (Å²) >= 11 is 1.69. The van der Waals surface area contributed by atoms with Gasteiger partial charge in [-0.3, -0.25) is 9.59 Å². The number of nitrogens with zero attached hydrogens (tertiary/aromatic N) is 1. The second-order valence-electron chi connectivity index (χ2n) is 10.8. The molecule has 1 unspecified atom stereocenters. The lowest BCUT2D eigenvalue weighted by Crippen LogP contribution is -2.53. The standard InChI is InChI=1S/C27H32N2O2S/c30-25(29-8-1-2-24(29)23-7-9-32-17-23)22-5-3-18(4-6-22)16-28-26(31)27-13-19-10-20(14-27)12-21(11-19)15-27/h3-7,9,17,19-21,24H,1-2,8,10-16H2,(H,28,31). The van der Waals surface area contributed by atoms with Crippen LogP contribution in [0.1, 0.15) is 78.9 Å². The van der Waals surface area contributed by atoms with Crippen LogP contribution in [0.15, 0.2) is 41.1 Å². The first-order chi connectivity index (χ1) is 15.6. The molecule has 0 spiro atoms. The van der Waals surface area contributed by atoms with E-state index in [2.05, 4.69) is 22.1 Å². The van der Waals surface area contributed by atoms with Crippen molar-refractivity contribution in [1.29, 1.82) is 0 Å². The van der Waals surface area contributed by atoms with Gasteiger partial charge in [-0.2, -0.15) is 11.3 Å². The zero-order valence-corrected chi connectivity index (χ0v) is 19.4. The molecule has 7 rings (SSSR count). The van der Waals surface area contributed by atoms with Gasteiger partial charge in [0.05, 0.1) is 6.04 Å². The van der Waals surface area contributed by atoms with E-state index in [0.717, 1.165) is 67.5 Å². The molecule has 0 radical (unpaired) electrons. The minimum Gasteiger partial charge on any atom is -0.352 e. The van der Waals surface area contributed by atoms with E-state index in [1.54, 1.807) is 11.3 Å². The normalized spacial score (nSPS) is 32.9. The lowest BCUT2D eigenvalue weighted by atomic mass is 9.49. The summed E-state index contributed by atoms with van der Waals surface area (Å²) in [4.78, 5) is 28.4. The molecule has 2 aromatic rings. The van der Waals surface area contributed by atoms with Gasteiger partial charge in [-0.25, -0.2) is 0 Å². The maximum atomic E-state index is 13.2. The van der Waals surface area contributed by atoms with Gasteiger partial charge in [0.1, 0.15) is 0 Å². The Morgan fingerprint density at radius 2 is 1.69 bits per heavy atom. The van der Waals surface area contributed by atoms with Crippen LogP contribution >= 0.6 is 11.3 Å². The number of likely N-dealkylation sites (tertiary alicyclic amines) is 1. The Bertz CT molecular complexity index is 962. The highest BCUT2D eigenvalue weighted by Gasteiger charge is 2.54. The van der Waals surface area contributed by atoms with Crippen molar-refractivity contribution in [2.24, 2.45) is 23.2 Å². The van der Waals surface area contributed by atoms with Gasteiger partial charge in [0, 0.05) is 24.1 Å². The molecule has 168 valence electrons. The number of hydrogen-bond acceptors (Lipinski definition) is 3. The fourth-order valence-electron chi connectivity index (χ4n) is 7.51. The monoisotopic (exact) mass is 448 g/mol. The van der Waals surface area contributed by atoms with Crippen LogP contribution in [0, 0.1) is 23.2 Å². The van der Waals surface area contributed by atoms with Crippen LogP contribution in [0.5, 0.6) is 0 Å². The fraction of sp³-hybridized carbons (Fsp3) is 0.556. The highest BCUT2D eigenvalue weighted by Crippen LogP contribution is 2.60. The average Bonchev–Trinajstić information content (AvgIpc) is 3.48. The SMILES string of the molecule is O=C(c1ccc(CNC(=O)C23CC4CC(CC(C4)C2)C3)cc1)N1CCCC1c1ccsc1. The van der Waals surface area contributed by atoms with Gasteiger partial charge in [-0.1, -0.05) is 12.1 Å². The molecule has 32 heavy (non-hydrogen) atoms. The van der Waals surface area contributed by atoms with Crippen molar-refractivity contribution in [2.45, 2.75) is 64.0 Å². The molecule has 1 saturated heterocycles. The summed E-state index contributed by atoms with van der Waals surface area (Å²) in [5.74, 6) is 2.72. The van der Waals surface area contributed by atoms with Crippen molar-refractivity contribution in [3.05, 3.63) is 57.8 Å². The Morgan fingerprint density at radius 1 is 1.00 bits per heavy atom. The van der Waals surface area contributed by atoms with Crippen molar-refractivity contribution >= 4 is 23.2 Å². The molecule has 2 heterocycles. The van der Waals surface area contributed by atoms with E-state index in [-0.39, 0.29) is 23.3 Å². The molecule has 1 aromatic heterocycles. The summed E-state index contributed by atoms with van der Waals surface area (Å²) in [5.41, 5.74) is 2.96. The molecule has 4 nitrogen and oxygen atoms in total. The minimum absolute atomic E-state index is 0.100. The van der Waals surface area contributed by atoms with Gasteiger partial charge in [0.25, 0.3) is 5.91 Å². The molecule has 5 fully saturated rings. The summed E-state index contributed by atoms with van der Waals surface area (Å²) in [5, 5.41) is 7.50. The quantitative estimate of drug-likeness (QED) is 0.651. The molecule has 1 N–H and O–H groups in total. The van der Waals surface area contributed by atoms with Crippen LogP contribution in [0.2, 0.25) is 0 Å². The van der Waals surface area contributed by atoms with Gasteiger partial charge in [-0.05, 0) is 109 Å². The number of thiophene rings is 1. The van der Waals surface area contributed by atoms with Gasteiger partial charge in [-0.15, -0.1) is 0 Å². The van der Waals surface area contributed by atoms with Crippen molar-refractivity contribution < 1.29 is 9.59 Å². The van der Waals surface area contributed by atoms with Gasteiger partial charge >= 0.3 is 0 Å². The Morgan fingerprint density at radius 3 is 2.31 bits per heavy atom. The summed E-state index contributed by atoms with van der Waals surface area (Å²) in [7, 11) is 0. The van der Waals surface area contributed by atoms with Crippen LogP contribution in [0.4, 0.5) is 0 Å². The molecule has 1 atom stereocenters. The van der Waals surface area contributed by atoms with E-state index >= 15 is 0 Å². The van der Waals surface area contributed by atoms with E-state index < -0.39 is 0 Å². The molecule has 4 bridgehead atoms. The molecule has 4 saturated carbocycles. The van der Waals surface area contributed by atoms with Crippen molar-refractivity contribution in [1.82, 2.24) is 10.2 Å². The summed E-state index contributed by atoms with van der Waals surface area (Å²) in [6.45, 7) is 1.37. The number of nitrogens with one attached hydrogen (secondary N) is 1. The van der Waals surface area contributed by atoms with Gasteiger partial charge in [0.2, 0.25) is 5.91 Å². The zero-order valence-electron chi connectivity index (χ0n) is 18.6. The van der Waals surface area contributed by atoms with Crippen LogP contribution in [0.3, 0.4) is 0 Å². The van der Waals surface area contributed by atoms with Crippen LogP contribution in [0.25, 0.3) is 0 Å². The lowest BCUT2D eigenvalue weighted by molar-refractivity contribution is -0.146. The molecule has 5 heteroatoms. The molecule has 1 aliphatic heterocycles. The summed E-state index contributed by atoms with van der Waals surface area (Å²) in [6, 6.07) is 10.2. The van der Waals surface area contributed by atoms with Gasteiger partial charge < -0.3 is 10.2 Å². The third-order valence-electron chi connectivity index (χ3n) is 8.62. The highest BCUT2D eigenvalue weighted by atomic mass is 32.1. The maximum absolute atomic E-state index is 13.2. The molecule has 4 aliphatic carbocycles. The first-order valence-corrected chi connectivity index (χ1v) is 13.2. The molecular formula is C27H32N2O2S. The Balaban J connectivity index is 1.09. The van der Waals surface area contributed by atoms with E-state index in [1.807, 2.05) is 29.2 Å². The second kappa shape index (κ2) is 8.02. The number of carbonyl (C=O) groups is 2. The highest BCUT2D eigenvalue weighted by molar-refractivity contribution is 7.08. The molecular weight excluding hydrogens is 416 g/mol. The van der Waals surface area contributed by atoms with E-state index in [4.69, 9.17) is 0 Å². The van der Waals surface area contributed by atoms with E-state index in [0.29, 0.717) is 6.54 Å². The zero-order chi connectivity index (χ0) is 21.7. The third kappa shape index (κ3) is 3.59. The van der Waals surface area contributed by atoms with Crippen molar-refractivity contribution in [3.8, 4) is 0 Å². The first kappa shape index (κ1) is 20.5. The van der Waals surface area contributed by atoms with Gasteiger partial charge in [0.15, 0.2) is 0 Å². The van der Waals surface area contributed by atoms with Crippen LogP contribution in [-0.4, -0.2) is 23.3 Å². The van der Waals surface area contributed by atoms with E-state index in [9.17, 15) is 9.59 Å². The minimum atomic E-state index is -0.100. The predicted molar refractivity (Wildman–Crippen MR) is 126 cm³/mol. The molecule has 2 amide bonds. The predicted octanol–water partition coefficient (Wildman–Crippen LogP) is 5.56. The first-order valence-electron chi connectivity index (χ1n) is 12.3. The Hall–Kier alpha value is -2.14. The number of hydrogen-bond donors (Lipinski definition) is 1. The number of benzene rings is 1. The number of carbonyl (C=O) groups excluding carboxylic acids is 2. The summed E-state index contributed by atoms with van der Waals surface area (Å²) in [6.07, 6.45) is 9.45. The van der Waals surface area contributed by atoms with Crippen molar-refractivity contribution in [2.75, 3.05) is 6.54 Å². The molecule has 1 aromatic carbocycles. The topological polar surface area (TPSA) is 49.4 Å². The largest absolute Gasteiger partial charge is 0.352 e. The third-order valence-corrected chi connectivity index (χ3v) is 9.32. The summed E-state index contributed by atoms with van der Waals surface area (Å²) < 4.78 is 0.